The summed E-state index contributed by atoms with van der Waals surface area (Å²) in [6.45, 7) is 0.543. The third-order valence-corrected chi connectivity index (χ3v) is 2.49. The van der Waals surface area contributed by atoms with Crippen molar-refractivity contribution in [2.45, 2.75) is 6.42 Å². The molecule has 0 atom stereocenters. The molecule has 0 aliphatic heterocycles. The minimum Gasteiger partial charge on any atom is -0.338 e. The van der Waals surface area contributed by atoms with Crippen LogP contribution in [0.25, 0.3) is 0 Å². The fourth-order valence-electron chi connectivity index (χ4n) is 1.54. The summed E-state index contributed by atoms with van der Waals surface area (Å²) in [7, 11) is 1.93. The van der Waals surface area contributed by atoms with E-state index in [-0.39, 0.29) is 6.03 Å². The fraction of sp³-hybridized carbons (Fsp3) is 0.250. The number of hydrogen-bond donors (Lipinski definition) is 2. The van der Waals surface area contributed by atoms with Gasteiger partial charge in [-0.15, -0.1) is 0 Å². The lowest BCUT2D eigenvalue weighted by molar-refractivity contribution is 0.252. The lowest BCUT2D eigenvalue weighted by atomic mass is 10.4. The second-order valence-electron chi connectivity index (χ2n) is 3.82. The molecule has 2 heterocycles. The average molecular weight is 245 g/mol. The quantitative estimate of drug-likeness (QED) is 0.849. The molecule has 2 N–H and O–H groups in total. The number of imidazole rings is 1. The van der Waals surface area contributed by atoms with Crippen molar-refractivity contribution in [2.24, 2.45) is 7.05 Å². The van der Waals surface area contributed by atoms with Gasteiger partial charge in [0.15, 0.2) is 0 Å². The molecule has 0 aliphatic carbocycles. The van der Waals surface area contributed by atoms with Crippen LogP contribution in [0.2, 0.25) is 0 Å². The molecule has 0 aliphatic rings. The first kappa shape index (κ1) is 12.1. The zero-order valence-corrected chi connectivity index (χ0v) is 10.1. The highest BCUT2D eigenvalue weighted by Crippen LogP contribution is 2.02. The summed E-state index contributed by atoms with van der Waals surface area (Å²) in [5.74, 6) is 0.944. The molecule has 0 saturated carbocycles. The molecule has 6 nitrogen and oxygen atoms in total. The molecule has 18 heavy (non-hydrogen) atoms. The number of anilines is 1. The summed E-state index contributed by atoms with van der Waals surface area (Å²) in [6, 6.07) is 3.24. The van der Waals surface area contributed by atoms with Crippen molar-refractivity contribution in [3.63, 3.8) is 0 Å². The monoisotopic (exact) mass is 245 g/mol. The zero-order valence-electron chi connectivity index (χ0n) is 10.1. The third-order valence-electron chi connectivity index (χ3n) is 2.49. The highest BCUT2D eigenvalue weighted by molar-refractivity contribution is 5.88. The number of nitrogens with zero attached hydrogens (tertiary/aromatic N) is 3. The van der Waals surface area contributed by atoms with E-state index in [2.05, 4.69) is 20.6 Å². The van der Waals surface area contributed by atoms with Crippen LogP contribution < -0.4 is 10.6 Å². The van der Waals surface area contributed by atoms with Crippen LogP contribution in [-0.4, -0.2) is 27.1 Å². The molecule has 6 heteroatoms. The van der Waals surface area contributed by atoms with Gasteiger partial charge in [-0.25, -0.2) is 9.78 Å². The van der Waals surface area contributed by atoms with Crippen molar-refractivity contribution in [2.75, 3.05) is 11.9 Å². The first-order valence-electron chi connectivity index (χ1n) is 5.67. The van der Waals surface area contributed by atoms with Gasteiger partial charge in [0.2, 0.25) is 0 Å². The second-order valence-corrected chi connectivity index (χ2v) is 3.82. The first-order chi connectivity index (χ1) is 8.75. The summed E-state index contributed by atoms with van der Waals surface area (Å²) in [5.41, 5.74) is 0.722. The first-order valence-corrected chi connectivity index (χ1v) is 5.67. The maximum absolute atomic E-state index is 11.6. The molecule has 0 bridgehead atoms. The minimum atomic E-state index is -0.226. The Balaban J connectivity index is 1.74. The Morgan fingerprint density at radius 1 is 1.33 bits per heavy atom. The number of pyridine rings is 1. The van der Waals surface area contributed by atoms with Crippen molar-refractivity contribution in [3.8, 4) is 0 Å². The molecular weight excluding hydrogens is 230 g/mol. The summed E-state index contributed by atoms with van der Waals surface area (Å²) in [4.78, 5) is 19.6. The maximum Gasteiger partial charge on any atom is 0.319 e. The van der Waals surface area contributed by atoms with E-state index in [4.69, 9.17) is 0 Å². The van der Waals surface area contributed by atoms with E-state index in [9.17, 15) is 4.79 Å². The van der Waals surface area contributed by atoms with Crippen LogP contribution in [0.4, 0.5) is 10.5 Å². The van der Waals surface area contributed by atoms with E-state index in [1.165, 1.54) is 0 Å². The fourth-order valence-corrected chi connectivity index (χ4v) is 1.54. The topological polar surface area (TPSA) is 71.8 Å². The van der Waals surface area contributed by atoms with E-state index in [0.29, 0.717) is 13.0 Å². The SMILES string of the molecule is Cn1ccnc1CCNC(=O)Nc1ccncc1. The van der Waals surface area contributed by atoms with Gasteiger partial charge in [0.25, 0.3) is 0 Å². The highest BCUT2D eigenvalue weighted by atomic mass is 16.2. The molecule has 2 amide bonds. The summed E-state index contributed by atoms with van der Waals surface area (Å²) < 4.78 is 1.93. The van der Waals surface area contributed by atoms with Gasteiger partial charge in [-0.3, -0.25) is 4.98 Å². The Morgan fingerprint density at radius 3 is 2.78 bits per heavy atom. The number of carbonyl (C=O) groups is 1. The van der Waals surface area contributed by atoms with Crippen molar-refractivity contribution >= 4 is 11.7 Å². The van der Waals surface area contributed by atoms with Gasteiger partial charge in [0.1, 0.15) is 5.82 Å². The predicted octanol–water partition coefficient (Wildman–Crippen LogP) is 1.18. The lowest BCUT2D eigenvalue weighted by Crippen LogP contribution is -2.30. The number of urea groups is 1. The van der Waals surface area contributed by atoms with Crippen molar-refractivity contribution < 1.29 is 4.79 Å². The van der Waals surface area contributed by atoms with Gasteiger partial charge in [0.05, 0.1) is 0 Å². The van der Waals surface area contributed by atoms with Crippen LogP contribution in [0.15, 0.2) is 36.9 Å². The van der Waals surface area contributed by atoms with E-state index in [1.807, 2.05) is 17.8 Å². The molecule has 0 fully saturated rings. The van der Waals surface area contributed by atoms with Gasteiger partial charge >= 0.3 is 6.03 Å². The number of amides is 2. The molecule has 2 rings (SSSR count). The van der Waals surface area contributed by atoms with Crippen molar-refractivity contribution in [1.82, 2.24) is 19.9 Å². The average Bonchev–Trinajstić information content (AvgIpc) is 2.76. The van der Waals surface area contributed by atoms with E-state index >= 15 is 0 Å². The molecule has 2 aromatic rings. The molecule has 2 aromatic heterocycles. The van der Waals surface area contributed by atoms with E-state index < -0.39 is 0 Å². The molecule has 0 spiro atoms. The Bertz CT molecular complexity index is 508. The Labute approximate surface area is 105 Å². The lowest BCUT2D eigenvalue weighted by Gasteiger charge is -2.07. The molecular formula is C12H15N5O. The molecule has 0 aromatic carbocycles. The number of carbonyl (C=O) groups excluding carboxylic acids is 1. The Hall–Kier alpha value is -2.37. The zero-order chi connectivity index (χ0) is 12.8. The molecule has 0 saturated heterocycles. The predicted molar refractivity (Wildman–Crippen MR) is 68.2 cm³/mol. The normalized spacial score (nSPS) is 10.1. The van der Waals surface area contributed by atoms with Gasteiger partial charge < -0.3 is 15.2 Å². The van der Waals surface area contributed by atoms with Crippen LogP contribution in [0, 0.1) is 0 Å². The summed E-state index contributed by atoms with van der Waals surface area (Å²) in [6.07, 6.45) is 7.58. The largest absolute Gasteiger partial charge is 0.338 e. The van der Waals surface area contributed by atoms with Gasteiger partial charge in [0, 0.05) is 50.5 Å². The maximum atomic E-state index is 11.6. The van der Waals surface area contributed by atoms with Crippen LogP contribution in [-0.2, 0) is 13.5 Å². The Kier molecular flexibility index (Phi) is 3.90. The number of nitrogens with one attached hydrogen (secondary N) is 2. The van der Waals surface area contributed by atoms with Crippen molar-refractivity contribution in [1.29, 1.82) is 0 Å². The third kappa shape index (κ3) is 3.31. The van der Waals surface area contributed by atoms with Gasteiger partial charge in [-0.05, 0) is 12.1 Å². The van der Waals surface area contributed by atoms with Crippen molar-refractivity contribution in [3.05, 3.63) is 42.7 Å². The Morgan fingerprint density at radius 2 is 2.11 bits per heavy atom. The summed E-state index contributed by atoms with van der Waals surface area (Å²) in [5, 5.41) is 5.49. The minimum absolute atomic E-state index is 0.226. The molecule has 0 unspecified atom stereocenters. The van der Waals surface area contributed by atoms with Crippen LogP contribution >= 0.6 is 0 Å². The molecule has 0 radical (unpaired) electrons. The van der Waals surface area contributed by atoms with Crippen LogP contribution in [0.5, 0.6) is 0 Å². The van der Waals surface area contributed by atoms with Gasteiger partial charge in [-0.1, -0.05) is 0 Å². The van der Waals surface area contributed by atoms with E-state index in [0.717, 1.165) is 11.5 Å². The standard InChI is InChI=1S/C12H15N5O/c1-17-9-8-14-11(17)4-7-15-12(18)16-10-2-5-13-6-3-10/h2-3,5-6,8-9H,4,7H2,1H3,(H2,13,15,16,18). The number of aromatic nitrogens is 3. The van der Waals surface area contributed by atoms with Gasteiger partial charge in [-0.2, -0.15) is 0 Å². The van der Waals surface area contributed by atoms with Crippen LogP contribution in [0.3, 0.4) is 0 Å². The molecule has 94 valence electrons. The summed E-state index contributed by atoms with van der Waals surface area (Å²) >= 11 is 0. The van der Waals surface area contributed by atoms with E-state index in [1.54, 1.807) is 30.7 Å². The number of hydrogen-bond acceptors (Lipinski definition) is 3. The smallest absolute Gasteiger partial charge is 0.319 e. The number of aryl methyl sites for hydroxylation is 1. The second kappa shape index (κ2) is 5.81. The van der Waals surface area contributed by atoms with Crippen LogP contribution in [0.1, 0.15) is 5.82 Å². The highest BCUT2D eigenvalue weighted by Gasteiger charge is 2.02. The number of rotatable bonds is 4.